The van der Waals surface area contributed by atoms with Crippen LogP contribution in [0.15, 0.2) is 48.5 Å². The quantitative estimate of drug-likeness (QED) is 0.666. The summed E-state index contributed by atoms with van der Waals surface area (Å²) < 4.78 is 1.16. The number of carbonyl (C=O) groups is 2. The van der Waals surface area contributed by atoms with E-state index in [1.165, 1.54) is 6.92 Å². The third-order valence-corrected chi connectivity index (χ3v) is 6.29. The molecule has 1 fully saturated rings. The molecule has 2 aromatic carbocycles. The Morgan fingerprint density at radius 1 is 1.07 bits per heavy atom. The van der Waals surface area contributed by atoms with Gasteiger partial charge in [-0.05, 0) is 55.2 Å². The molecule has 2 amide bonds. The second-order valence-electron chi connectivity index (χ2n) is 7.28. The summed E-state index contributed by atoms with van der Waals surface area (Å²) in [7, 11) is 0. The van der Waals surface area contributed by atoms with E-state index in [-0.39, 0.29) is 17.7 Å². The van der Waals surface area contributed by atoms with E-state index in [0.717, 1.165) is 52.2 Å². The third kappa shape index (κ3) is 4.07. The van der Waals surface area contributed by atoms with Crippen molar-refractivity contribution in [3.05, 3.63) is 48.5 Å². The largest absolute Gasteiger partial charge is 0.344 e. The van der Waals surface area contributed by atoms with Crippen LogP contribution < -0.4 is 10.6 Å². The number of para-hydroxylation sites is 1. The Bertz CT molecular complexity index is 957. The molecule has 1 aliphatic rings. The van der Waals surface area contributed by atoms with E-state index in [1.54, 1.807) is 11.3 Å². The van der Waals surface area contributed by atoms with E-state index in [1.807, 2.05) is 42.5 Å². The molecule has 28 heavy (non-hydrogen) atoms. The number of amides is 2. The second-order valence-corrected chi connectivity index (χ2v) is 8.31. The lowest BCUT2D eigenvalue weighted by Gasteiger charge is -2.23. The molecule has 0 bridgehead atoms. The van der Waals surface area contributed by atoms with Crippen LogP contribution >= 0.6 is 11.3 Å². The number of carbonyl (C=O) groups excluding carboxylic acids is 2. The Kier molecular flexibility index (Phi) is 5.39. The number of thiazole rings is 1. The molecule has 5 nitrogen and oxygen atoms in total. The number of rotatable bonds is 5. The minimum absolute atomic E-state index is 0.144. The average Bonchev–Trinajstić information content (AvgIpc) is 3.36. The van der Waals surface area contributed by atoms with Gasteiger partial charge in [0.1, 0.15) is 11.0 Å². The first-order valence-electron chi connectivity index (χ1n) is 9.64. The predicted octanol–water partition coefficient (Wildman–Crippen LogP) is 4.60. The van der Waals surface area contributed by atoms with Crippen molar-refractivity contribution in [2.45, 2.75) is 38.6 Å². The van der Waals surface area contributed by atoms with Crippen LogP contribution in [0.3, 0.4) is 0 Å². The molecule has 1 atom stereocenters. The number of hydrogen-bond donors (Lipinski definition) is 2. The number of anilines is 1. The highest BCUT2D eigenvalue weighted by Crippen LogP contribution is 2.31. The van der Waals surface area contributed by atoms with Crippen molar-refractivity contribution in [1.29, 1.82) is 0 Å². The van der Waals surface area contributed by atoms with Gasteiger partial charge in [0.2, 0.25) is 11.8 Å². The number of aromatic nitrogens is 1. The molecule has 2 N–H and O–H groups in total. The predicted molar refractivity (Wildman–Crippen MR) is 113 cm³/mol. The Labute approximate surface area is 168 Å². The van der Waals surface area contributed by atoms with Crippen molar-refractivity contribution in [2.75, 3.05) is 5.32 Å². The first-order valence-corrected chi connectivity index (χ1v) is 10.5. The fourth-order valence-electron chi connectivity index (χ4n) is 3.82. The first-order chi connectivity index (χ1) is 13.6. The zero-order valence-electron chi connectivity index (χ0n) is 15.8. The molecule has 1 unspecified atom stereocenters. The van der Waals surface area contributed by atoms with Gasteiger partial charge in [-0.3, -0.25) is 9.59 Å². The van der Waals surface area contributed by atoms with Crippen LogP contribution in [-0.4, -0.2) is 22.8 Å². The van der Waals surface area contributed by atoms with Crippen molar-refractivity contribution >= 4 is 39.1 Å². The van der Waals surface area contributed by atoms with Gasteiger partial charge >= 0.3 is 0 Å². The first kappa shape index (κ1) is 18.6. The molecule has 6 heteroatoms. The van der Waals surface area contributed by atoms with Crippen molar-refractivity contribution < 1.29 is 9.59 Å². The fraction of sp³-hybridized carbons (Fsp3) is 0.318. The molecule has 1 aromatic heterocycles. The maximum atomic E-state index is 12.8. The Balaban J connectivity index is 1.48. The molecular formula is C22H23N3O2S. The van der Waals surface area contributed by atoms with Gasteiger partial charge in [0.15, 0.2) is 0 Å². The lowest BCUT2D eigenvalue weighted by Crippen LogP contribution is -2.47. The van der Waals surface area contributed by atoms with Gasteiger partial charge in [-0.15, -0.1) is 11.3 Å². The van der Waals surface area contributed by atoms with E-state index in [4.69, 9.17) is 0 Å². The second kappa shape index (κ2) is 8.10. The van der Waals surface area contributed by atoms with E-state index in [0.29, 0.717) is 0 Å². The topological polar surface area (TPSA) is 71.1 Å². The number of hydrogen-bond acceptors (Lipinski definition) is 4. The molecule has 3 aromatic rings. The Morgan fingerprint density at radius 3 is 2.46 bits per heavy atom. The summed E-state index contributed by atoms with van der Waals surface area (Å²) in [5.74, 6) is -0.0982. The van der Waals surface area contributed by atoms with Crippen molar-refractivity contribution in [3.63, 3.8) is 0 Å². The van der Waals surface area contributed by atoms with Gasteiger partial charge in [0, 0.05) is 18.2 Å². The van der Waals surface area contributed by atoms with E-state index in [9.17, 15) is 9.59 Å². The third-order valence-electron chi connectivity index (χ3n) is 5.21. The van der Waals surface area contributed by atoms with Crippen LogP contribution in [-0.2, 0) is 9.59 Å². The summed E-state index contributed by atoms with van der Waals surface area (Å²) >= 11 is 1.65. The molecule has 144 valence electrons. The van der Waals surface area contributed by atoms with E-state index in [2.05, 4.69) is 21.7 Å². The highest BCUT2D eigenvalue weighted by atomic mass is 32.1. The highest BCUT2D eigenvalue weighted by Gasteiger charge is 2.31. The molecule has 1 heterocycles. The zero-order valence-corrected chi connectivity index (χ0v) is 16.6. The summed E-state index contributed by atoms with van der Waals surface area (Å²) in [6.07, 6.45) is 4.19. The van der Waals surface area contributed by atoms with Gasteiger partial charge in [-0.1, -0.05) is 25.0 Å². The van der Waals surface area contributed by atoms with Crippen LogP contribution in [0.25, 0.3) is 20.8 Å². The van der Waals surface area contributed by atoms with Crippen LogP contribution in [0.5, 0.6) is 0 Å². The minimum atomic E-state index is -0.469. The molecule has 1 aliphatic carbocycles. The molecular weight excluding hydrogens is 370 g/mol. The number of benzene rings is 2. The number of nitrogens with one attached hydrogen (secondary N) is 2. The number of fused-ring (bicyclic) bond motifs is 1. The van der Waals surface area contributed by atoms with Crippen molar-refractivity contribution in [1.82, 2.24) is 10.3 Å². The van der Waals surface area contributed by atoms with Crippen LogP contribution in [0.4, 0.5) is 5.69 Å². The van der Waals surface area contributed by atoms with E-state index >= 15 is 0 Å². The van der Waals surface area contributed by atoms with Crippen LogP contribution in [0.1, 0.15) is 32.6 Å². The summed E-state index contributed by atoms with van der Waals surface area (Å²) in [6, 6.07) is 15.3. The monoisotopic (exact) mass is 393 g/mol. The summed E-state index contributed by atoms with van der Waals surface area (Å²) in [4.78, 5) is 29.0. The normalized spacial score (nSPS) is 15.5. The molecule has 0 radical (unpaired) electrons. The minimum Gasteiger partial charge on any atom is -0.344 e. The highest BCUT2D eigenvalue weighted by molar-refractivity contribution is 7.21. The molecule has 0 saturated heterocycles. The van der Waals surface area contributed by atoms with E-state index < -0.39 is 6.04 Å². The summed E-state index contributed by atoms with van der Waals surface area (Å²) in [5.41, 5.74) is 2.74. The lowest BCUT2D eigenvalue weighted by atomic mass is 9.97. The number of nitrogens with zero attached hydrogens (tertiary/aromatic N) is 1. The summed E-state index contributed by atoms with van der Waals surface area (Å²) in [5, 5.41) is 6.75. The van der Waals surface area contributed by atoms with Crippen molar-refractivity contribution in [2.24, 2.45) is 5.92 Å². The van der Waals surface area contributed by atoms with Gasteiger partial charge < -0.3 is 10.6 Å². The Morgan fingerprint density at radius 2 is 1.79 bits per heavy atom. The zero-order chi connectivity index (χ0) is 19.5. The average molecular weight is 394 g/mol. The van der Waals surface area contributed by atoms with Crippen LogP contribution in [0.2, 0.25) is 0 Å². The van der Waals surface area contributed by atoms with Crippen molar-refractivity contribution in [3.8, 4) is 10.6 Å². The molecule has 1 saturated carbocycles. The molecule has 4 rings (SSSR count). The maximum Gasteiger partial charge on any atom is 0.247 e. The molecule has 0 aliphatic heterocycles. The maximum absolute atomic E-state index is 12.8. The van der Waals surface area contributed by atoms with Gasteiger partial charge in [0.05, 0.1) is 10.2 Å². The van der Waals surface area contributed by atoms with Gasteiger partial charge in [-0.2, -0.15) is 0 Å². The SMILES string of the molecule is CC(=O)NC(C(=O)Nc1ccc(-c2nc3ccccc3s2)cc1)C1CCCC1. The van der Waals surface area contributed by atoms with Gasteiger partial charge in [-0.25, -0.2) is 4.98 Å². The molecule has 0 spiro atoms. The summed E-state index contributed by atoms with van der Waals surface area (Å²) in [6.45, 7) is 1.46. The lowest BCUT2D eigenvalue weighted by molar-refractivity contribution is -0.126. The van der Waals surface area contributed by atoms with Gasteiger partial charge in [0.25, 0.3) is 0 Å². The Hall–Kier alpha value is -2.73. The smallest absolute Gasteiger partial charge is 0.247 e. The van der Waals surface area contributed by atoms with Crippen LogP contribution in [0, 0.1) is 5.92 Å². The fourth-order valence-corrected chi connectivity index (χ4v) is 4.79. The standard InChI is InChI=1S/C22H23N3O2S/c1-14(26)23-20(15-6-2-3-7-15)21(27)24-17-12-10-16(11-13-17)22-25-18-8-4-5-9-19(18)28-22/h4-5,8-13,15,20H,2-3,6-7H2,1H3,(H,23,26)(H,24,27).